The summed E-state index contributed by atoms with van der Waals surface area (Å²) >= 11 is 10.9. The highest BCUT2D eigenvalue weighted by Gasteiger charge is 1.88. The lowest BCUT2D eigenvalue weighted by molar-refractivity contribution is 1.00. The molecule has 0 aliphatic rings. The van der Waals surface area contributed by atoms with Gasteiger partial charge in [-0.1, -0.05) is 53.6 Å². The minimum absolute atomic E-state index is 0.314. The Bertz CT molecular complexity index is 190. The van der Waals surface area contributed by atoms with E-state index in [0.717, 1.165) is 25.7 Å². The van der Waals surface area contributed by atoms with Crippen LogP contribution in [0.25, 0.3) is 0 Å². The minimum atomic E-state index is 0.314. The molecule has 0 aromatic heterocycles. The third-order valence-electron chi connectivity index (χ3n) is 1.58. The first-order chi connectivity index (χ1) is 6.77. The van der Waals surface area contributed by atoms with Gasteiger partial charge in [0.15, 0.2) is 4.84 Å². The molecule has 0 heterocycles. The van der Waals surface area contributed by atoms with Crippen LogP contribution < -0.4 is 0 Å². The maximum Gasteiger partial charge on any atom is 0.172 e. The standard InChI is InChI=1S/C12H16Cl2/c1-2-3-4-5-6-7-8-9-10-11-12(13)14/h2-3,6-7,10-11H,1,4-5,8-9H2. The molecule has 0 atom stereocenters. The van der Waals surface area contributed by atoms with Gasteiger partial charge in [0.05, 0.1) is 0 Å². The van der Waals surface area contributed by atoms with Gasteiger partial charge in [0.1, 0.15) is 0 Å². The van der Waals surface area contributed by atoms with Crippen LogP contribution in [-0.2, 0) is 0 Å². The van der Waals surface area contributed by atoms with Gasteiger partial charge in [-0.2, -0.15) is 0 Å². The number of unbranched alkanes of at least 4 members (excludes halogenated alkanes) is 2. The average Bonchev–Trinajstić information content (AvgIpc) is 2.15. The quantitative estimate of drug-likeness (QED) is 0.426. The molecule has 0 aromatic carbocycles. The van der Waals surface area contributed by atoms with Gasteiger partial charge in [0.25, 0.3) is 0 Å². The Labute approximate surface area is 97.3 Å². The average molecular weight is 231 g/mol. The van der Waals surface area contributed by atoms with E-state index in [1.54, 1.807) is 6.08 Å². The summed E-state index contributed by atoms with van der Waals surface area (Å²) in [7, 11) is 0. The van der Waals surface area contributed by atoms with E-state index in [1.807, 2.05) is 12.2 Å². The van der Waals surface area contributed by atoms with Crippen molar-refractivity contribution in [3.05, 3.63) is 48.2 Å². The fourth-order valence-corrected chi connectivity index (χ4v) is 1.09. The Morgan fingerprint density at radius 1 is 0.857 bits per heavy atom. The Balaban J connectivity index is 3.27. The van der Waals surface area contributed by atoms with E-state index in [-0.39, 0.29) is 0 Å². The summed E-state index contributed by atoms with van der Waals surface area (Å²) in [6.45, 7) is 3.62. The highest BCUT2D eigenvalue weighted by Crippen LogP contribution is 2.13. The molecule has 0 bridgehead atoms. The summed E-state index contributed by atoms with van der Waals surface area (Å²) in [6, 6.07) is 0. The zero-order chi connectivity index (χ0) is 10.6. The monoisotopic (exact) mass is 230 g/mol. The first-order valence-corrected chi connectivity index (χ1v) is 5.46. The largest absolute Gasteiger partial charge is 0.172 e. The molecule has 0 aliphatic heterocycles. The summed E-state index contributed by atoms with van der Waals surface area (Å²) in [6.07, 6.45) is 16.1. The van der Waals surface area contributed by atoms with Gasteiger partial charge in [-0.3, -0.25) is 0 Å². The molecule has 0 aliphatic carbocycles. The van der Waals surface area contributed by atoms with E-state index in [0.29, 0.717) is 4.84 Å². The zero-order valence-electron chi connectivity index (χ0n) is 8.26. The van der Waals surface area contributed by atoms with Crippen LogP contribution >= 0.6 is 23.2 Å². The highest BCUT2D eigenvalue weighted by molar-refractivity contribution is 6.54. The highest BCUT2D eigenvalue weighted by atomic mass is 35.5. The second kappa shape index (κ2) is 10.9. The molecule has 0 spiro atoms. The van der Waals surface area contributed by atoms with E-state index >= 15 is 0 Å². The van der Waals surface area contributed by atoms with E-state index in [4.69, 9.17) is 23.2 Å². The van der Waals surface area contributed by atoms with Crippen molar-refractivity contribution >= 4 is 23.2 Å². The summed E-state index contributed by atoms with van der Waals surface area (Å²) < 4.78 is 0. The second-order valence-electron chi connectivity index (χ2n) is 2.79. The molecule has 0 rings (SSSR count). The predicted octanol–water partition coefficient (Wildman–Crippen LogP) is 5.02. The van der Waals surface area contributed by atoms with Crippen LogP contribution in [0.5, 0.6) is 0 Å². The van der Waals surface area contributed by atoms with Crippen LogP contribution in [0.1, 0.15) is 25.7 Å². The number of halogens is 2. The lowest BCUT2D eigenvalue weighted by Crippen LogP contribution is -1.69. The summed E-state index contributed by atoms with van der Waals surface area (Å²) in [5, 5.41) is 0. The van der Waals surface area contributed by atoms with Crippen molar-refractivity contribution in [1.29, 1.82) is 0 Å². The molecule has 78 valence electrons. The molecule has 0 fully saturated rings. The van der Waals surface area contributed by atoms with Crippen LogP contribution in [0.3, 0.4) is 0 Å². The predicted molar refractivity (Wildman–Crippen MR) is 66.2 cm³/mol. The van der Waals surface area contributed by atoms with Gasteiger partial charge in [0, 0.05) is 0 Å². The van der Waals surface area contributed by atoms with E-state index in [2.05, 4.69) is 25.2 Å². The number of hydrogen-bond acceptors (Lipinski definition) is 0. The molecule has 0 N–H and O–H groups in total. The maximum atomic E-state index is 5.44. The Morgan fingerprint density at radius 2 is 1.36 bits per heavy atom. The van der Waals surface area contributed by atoms with Gasteiger partial charge < -0.3 is 0 Å². The molecule has 0 unspecified atom stereocenters. The minimum Gasteiger partial charge on any atom is -0.0932 e. The van der Waals surface area contributed by atoms with E-state index in [1.165, 1.54) is 0 Å². The van der Waals surface area contributed by atoms with Gasteiger partial charge in [-0.25, -0.2) is 0 Å². The number of allylic oxidation sites excluding steroid dienone is 6. The van der Waals surface area contributed by atoms with Gasteiger partial charge in [-0.05, 0) is 38.7 Å². The summed E-state index contributed by atoms with van der Waals surface area (Å²) in [4.78, 5) is 0.314. The lowest BCUT2D eigenvalue weighted by atomic mass is 10.2. The van der Waals surface area contributed by atoms with Gasteiger partial charge >= 0.3 is 0 Å². The van der Waals surface area contributed by atoms with Crippen LogP contribution in [0.4, 0.5) is 0 Å². The molecule has 0 amide bonds. The molecule has 0 saturated heterocycles. The van der Waals surface area contributed by atoms with E-state index < -0.39 is 0 Å². The molecule has 2 radical (unpaired) electrons. The van der Waals surface area contributed by atoms with Crippen molar-refractivity contribution in [2.45, 2.75) is 25.7 Å². The third-order valence-corrected chi connectivity index (χ3v) is 1.83. The first-order valence-electron chi connectivity index (χ1n) is 4.71. The van der Waals surface area contributed by atoms with Crippen molar-refractivity contribution < 1.29 is 0 Å². The zero-order valence-corrected chi connectivity index (χ0v) is 9.77. The van der Waals surface area contributed by atoms with Gasteiger partial charge in [-0.15, -0.1) is 0 Å². The topological polar surface area (TPSA) is 0 Å². The van der Waals surface area contributed by atoms with Crippen molar-refractivity contribution in [3.8, 4) is 0 Å². The summed E-state index contributed by atoms with van der Waals surface area (Å²) in [5.41, 5.74) is 0. The van der Waals surface area contributed by atoms with Crippen molar-refractivity contribution in [1.82, 2.24) is 0 Å². The fraction of sp³-hybridized carbons (Fsp3) is 0.333. The van der Waals surface area contributed by atoms with Gasteiger partial charge in [0.2, 0.25) is 0 Å². The van der Waals surface area contributed by atoms with Crippen molar-refractivity contribution in [2.75, 3.05) is 0 Å². The Kier molecular flexibility index (Phi) is 10.7. The number of rotatable bonds is 7. The Morgan fingerprint density at radius 3 is 1.86 bits per heavy atom. The molecule has 0 nitrogen and oxygen atoms in total. The molecule has 14 heavy (non-hydrogen) atoms. The first kappa shape index (κ1) is 13.8. The molecule has 0 aromatic rings. The fourth-order valence-electron chi connectivity index (χ4n) is 0.911. The molecular weight excluding hydrogens is 215 g/mol. The SMILES string of the molecule is [CH2]C=CCCC=CCCC=C[C](Cl)Cl. The Hall–Kier alpha value is -0.200. The molecule has 0 saturated carbocycles. The normalized spacial score (nSPS) is 12.9. The van der Waals surface area contributed by atoms with Crippen molar-refractivity contribution in [2.24, 2.45) is 0 Å². The van der Waals surface area contributed by atoms with Crippen LogP contribution in [0, 0.1) is 11.8 Å². The second-order valence-corrected chi connectivity index (χ2v) is 3.80. The molecule has 2 heteroatoms. The molecular formula is C12H16Cl2. The van der Waals surface area contributed by atoms with Crippen LogP contribution in [0.15, 0.2) is 36.5 Å². The smallest absolute Gasteiger partial charge is 0.0932 e. The summed E-state index contributed by atoms with van der Waals surface area (Å²) in [5.74, 6) is 0. The number of hydrogen-bond donors (Lipinski definition) is 0. The van der Waals surface area contributed by atoms with E-state index in [9.17, 15) is 0 Å². The third kappa shape index (κ3) is 11.8. The van der Waals surface area contributed by atoms with Crippen molar-refractivity contribution in [3.63, 3.8) is 0 Å². The van der Waals surface area contributed by atoms with Crippen LogP contribution in [-0.4, -0.2) is 0 Å². The lowest BCUT2D eigenvalue weighted by Gasteiger charge is -1.89. The maximum absolute atomic E-state index is 5.44. The van der Waals surface area contributed by atoms with Crippen LogP contribution in [0.2, 0.25) is 0 Å².